The molecule has 0 aliphatic heterocycles. The van der Waals surface area contributed by atoms with Gasteiger partial charge in [0.1, 0.15) is 27.8 Å². The first-order valence-electron chi connectivity index (χ1n) is 14.2. The van der Waals surface area contributed by atoms with Gasteiger partial charge in [-0.15, -0.1) is 0 Å². The summed E-state index contributed by atoms with van der Waals surface area (Å²) in [5.41, 5.74) is 0.875. The van der Waals surface area contributed by atoms with Gasteiger partial charge in [-0.2, -0.15) is 8.78 Å². The van der Waals surface area contributed by atoms with Crippen molar-refractivity contribution in [3.8, 4) is 11.5 Å². The van der Waals surface area contributed by atoms with E-state index in [4.69, 9.17) is 37.4 Å². The van der Waals surface area contributed by atoms with Crippen molar-refractivity contribution in [1.82, 2.24) is 5.32 Å². The third kappa shape index (κ3) is 10.2. The van der Waals surface area contributed by atoms with Crippen LogP contribution in [0.2, 0.25) is 10.0 Å². The molecule has 3 aromatic rings. The Morgan fingerprint density at radius 2 is 1.68 bits per heavy atom. The van der Waals surface area contributed by atoms with Gasteiger partial charge in [0.05, 0.1) is 6.61 Å². The van der Waals surface area contributed by atoms with Crippen LogP contribution in [-0.2, 0) is 27.1 Å². The smallest absolute Gasteiger partial charge is 0.408 e. The van der Waals surface area contributed by atoms with Gasteiger partial charge in [0.25, 0.3) is 0 Å². The van der Waals surface area contributed by atoms with Crippen LogP contribution in [0.5, 0.6) is 11.5 Å². The van der Waals surface area contributed by atoms with Gasteiger partial charge in [-0.3, -0.25) is 0 Å². The number of esters is 1. The van der Waals surface area contributed by atoms with Crippen LogP contribution in [0.1, 0.15) is 56.4 Å². The molecule has 1 amide bonds. The number of rotatable bonds is 13. The van der Waals surface area contributed by atoms with Crippen molar-refractivity contribution in [2.45, 2.75) is 70.8 Å². The number of hydrogen-bond donors (Lipinski definition) is 1. The van der Waals surface area contributed by atoms with Gasteiger partial charge in [-0.1, -0.05) is 59.6 Å². The second kappa shape index (κ2) is 14.9. The summed E-state index contributed by atoms with van der Waals surface area (Å²) in [6, 6.07) is 12.3. The van der Waals surface area contributed by atoms with Gasteiger partial charge in [-0.25, -0.2) is 14.6 Å². The van der Waals surface area contributed by atoms with Gasteiger partial charge >= 0.3 is 18.7 Å². The van der Waals surface area contributed by atoms with Crippen LogP contribution >= 0.6 is 23.2 Å². The Kier molecular flexibility index (Phi) is 11.3. The van der Waals surface area contributed by atoms with Crippen LogP contribution < -0.4 is 19.8 Å². The molecule has 1 aliphatic rings. The molecule has 236 valence electrons. The Hall–Kier alpha value is -3.63. The number of carbonyl (C=O) groups is 2. The molecule has 0 spiro atoms. The van der Waals surface area contributed by atoms with Crippen LogP contribution in [0.25, 0.3) is 0 Å². The second-order valence-electron chi connectivity index (χ2n) is 11.5. The number of alkyl halides is 2. The van der Waals surface area contributed by atoms with E-state index in [1.54, 1.807) is 20.8 Å². The van der Waals surface area contributed by atoms with Crippen LogP contribution in [0, 0.1) is 5.92 Å². The Bertz CT molecular complexity index is 1410. The molecule has 1 heterocycles. The topological polar surface area (TPSA) is 97.2 Å². The molecule has 0 unspecified atom stereocenters. The number of halogens is 4. The van der Waals surface area contributed by atoms with Gasteiger partial charge in [-0.05, 0) is 62.8 Å². The highest BCUT2D eigenvalue weighted by Crippen LogP contribution is 2.38. The zero-order valence-corrected chi connectivity index (χ0v) is 26.1. The van der Waals surface area contributed by atoms with E-state index in [-0.39, 0.29) is 24.3 Å². The van der Waals surface area contributed by atoms with Crippen molar-refractivity contribution >= 4 is 35.3 Å². The predicted molar refractivity (Wildman–Crippen MR) is 160 cm³/mol. The molecule has 0 radical (unpaired) electrons. The maximum atomic E-state index is 13.8. The number of pyridine rings is 1. The fourth-order valence-corrected chi connectivity index (χ4v) is 4.85. The van der Waals surface area contributed by atoms with Crippen LogP contribution in [0.15, 0.2) is 60.9 Å². The number of alkyl carbamates (subject to hydrolysis) is 1. The number of aromatic nitrogens is 1. The van der Waals surface area contributed by atoms with E-state index in [9.17, 15) is 18.4 Å². The van der Waals surface area contributed by atoms with E-state index in [1.807, 2.05) is 30.3 Å². The summed E-state index contributed by atoms with van der Waals surface area (Å²) in [5, 5.41) is 3.23. The van der Waals surface area contributed by atoms with Crippen molar-refractivity contribution in [3.63, 3.8) is 0 Å². The minimum atomic E-state index is -3.06. The van der Waals surface area contributed by atoms with E-state index in [0.717, 1.165) is 18.4 Å². The van der Waals surface area contributed by atoms with Gasteiger partial charge in [0.15, 0.2) is 23.9 Å². The third-order valence-electron chi connectivity index (χ3n) is 6.63. The molecule has 1 aliphatic carbocycles. The van der Waals surface area contributed by atoms with E-state index in [2.05, 4.69) is 15.0 Å². The fraction of sp³-hybridized carbons (Fsp3) is 0.406. The van der Waals surface area contributed by atoms with Crippen LogP contribution in [-0.4, -0.2) is 36.9 Å². The number of hydrogen-bond acceptors (Lipinski definition) is 6. The monoisotopic (exact) mass is 651 g/mol. The molecule has 2 N–H and O–H groups in total. The minimum absolute atomic E-state index is 0.0275. The SMILES string of the molecule is CC(C)(C)OC(=O)N[C@H](Cc1ccccc1)C(=O)O[C@@H](Cc1c(Cl)c[nH+]cc1Cl)c1ccc(OC(F)F)c(OCC2CC2)c1. The summed E-state index contributed by atoms with van der Waals surface area (Å²) in [5.74, 6) is -0.481. The molecule has 12 heteroatoms. The standard InChI is InChI=1S/C32H34Cl2F2N2O6/c1-32(2,3)44-31(40)38-25(13-19-7-5-4-6-8-19)29(39)42-27(15-22-23(33)16-37-17-24(22)34)21-11-12-26(43-30(35)36)28(14-21)41-18-20-9-10-20/h4-8,11-12,14,16-17,20,25,27,30H,9-10,13,15,18H2,1-3H3,(H,38,40)/p+1/t25-,27+/m1/s1. The number of ether oxygens (including phenoxy) is 4. The molecule has 1 fully saturated rings. The Balaban J connectivity index is 1.67. The molecule has 8 nitrogen and oxygen atoms in total. The molecule has 4 rings (SSSR count). The molecular weight excluding hydrogens is 617 g/mol. The van der Waals surface area contributed by atoms with Crippen molar-refractivity contribution < 1.29 is 42.3 Å². The lowest BCUT2D eigenvalue weighted by molar-refractivity contribution is -0.377. The summed E-state index contributed by atoms with van der Waals surface area (Å²) in [7, 11) is 0. The Morgan fingerprint density at radius 3 is 2.30 bits per heavy atom. The van der Waals surface area contributed by atoms with Crippen LogP contribution in [0.4, 0.5) is 13.6 Å². The van der Waals surface area contributed by atoms with E-state index in [0.29, 0.717) is 33.7 Å². The first-order chi connectivity index (χ1) is 20.9. The highest BCUT2D eigenvalue weighted by atomic mass is 35.5. The van der Waals surface area contributed by atoms with Gasteiger partial charge < -0.3 is 24.3 Å². The Labute approximate surface area is 264 Å². The number of amides is 1. The largest absolute Gasteiger partial charge is 0.489 e. The highest BCUT2D eigenvalue weighted by Gasteiger charge is 2.31. The molecule has 0 bridgehead atoms. The average Bonchev–Trinajstić information content (AvgIpc) is 3.77. The highest BCUT2D eigenvalue weighted by molar-refractivity contribution is 6.35. The summed E-state index contributed by atoms with van der Waals surface area (Å²) in [6.07, 6.45) is 3.38. The predicted octanol–water partition coefficient (Wildman–Crippen LogP) is 7.16. The second-order valence-corrected chi connectivity index (χ2v) is 12.3. The van der Waals surface area contributed by atoms with Gasteiger partial charge in [0, 0.05) is 18.4 Å². The lowest BCUT2D eigenvalue weighted by atomic mass is 10.0. The average molecular weight is 653 g/mol. The maximum absolute atomic E-state index is 13.8. The molecule has 1 aromatic heterocycles. The first-order valence-corrected chi connectivity index (χ1v) is 14.9. The molecule has 1 saturated carbocycles. The number of H-pyrrole nitrogens is 1. The van der Waals surface area contributed by atoms with Crippen LogP contribution in [0.3, 0.4) is 0 Å². The summed E-state index contributed by atoms with van der Waals surface area (Å²) in [6.45, 7) is 2.40. The molecule has 0 saturated heterocycles. The number of benzene rings is 2. The third-order valence-corrected chi connectivity index (χ3v) is 7.30. The summed E-state index contributed by atoms with van der Waals surface area (Å²) >= 11 is 12.9. The lowest BCUT2D eigenvalue weighted by Crippen LogP contribution is -2.45. The normalized spacial score (nSPS) is 14.5. The molecular formula is C32H35Cl2F2N2O6+. The van der Waals surface area contributed by atoms with Gasteiger partial charge in [0.2, 0.25) is 0 Å². The quantitative estimate of drug-likeness (QED) is 0.197. The van der Waals surface area contributed by atoms with Crippen molar-refractivity contribution in [1.29, 1.82) is 0 Å². The fourth-order valence-electron chi connectivity index (χ4n) is 4.32. The number of aromatic amines is 1. The van der Waals surface area contributed by atoms with Crippen molar-refractivity contribution in [2.75, 3.05) is 6.61 Å². The van der Waals surface area contributed by atoms with Crippen molar-refractivity contribution in [2.24, 2.45) is 5.92 Å². The number of nitrogens with one attached hydrogen (secondary N) is 2. The summed E-state index contributed by atoms with van der Waals surface area (Å²) in [4.78, 5) is 29.4. The van der Waals surface area contributed by atoms with E-state index in [1.165, 1.54) is 30.6 Å². The first kappa shape index (κ1) is 33.3. The number of carbonyl (C=O) groups excluding carboxylic acids is 2. The zero-order chi connectivity index (χ0) is 31.9. The molecule has 2 aromatic carbocycles. The minimum Gasteiger partial charge on any atom is -0.489 e. The molecule has 44 heavy (non-hydrogen) atoms. The van der Waals surface area contributed by atoms with Crippen molar-refractivity contribution in [3.05, 3.63) is 87.7 Å². The summed E-state index contributed by atoms with van der Waals surface area (Å²) < 4.78 is 48.3. The van der Waals surface area contributed by atoms with E-state index < -0.39 is 36.4 Å². The molecule has 2 atom stereocenters. The lowest BCUT2D eigenvalue weighted by Gasteiger charge is -2.26. The maximum Gasteiger partial charge on any atom is 0.408 e. The Morgan fingerprint density at radius 1 is 1.00 bits per heavy atom. The zero-order valence-electron chi connectivity index (χ0n) is 24.6. The van der Waals surface area contributed by atoms with E-state index >= 15 is 0 Å².